The van der Waals surface area contributed by atoms with E-state index in [0.717, 1.165) is 68.8 Å². The smallest absolute Gasteiger partial charge is 0.336 e. The number of para-hydroxylation sites is 1. The van der Waals surface area contributed by atoms with Gasteiger partial charge in [0.25, 0.3) is 0 Å². The van der Waals surface area contributed by atoms with Crippen LogP contribution >= 0.6 is 0 Å². The normalized spacial score (nSPS) is 11.5. The lowest BCUT2D eigenvalue weighted by Crippen LogP contribution is -2.05. The Morgan fingerprint density at radius 1 is 0.872 bits per heavy atom. The number of aromatic carboxylic acids is 1. The minimum Gasteiger partial charge on any atom is -0.478 e. The van der Waals surface area contributed by atoms with E-state index < -0.39 is 5.97 Å². The molecule has 0 spiro atoms. The third kappa shape index (κ3) is 4.38. The second-order valence-corrected chi connectivity index (χ2v) is 10.1. The van der Waals surface area contributed by atoms with Crippen LogP contribution in [0.3, 0.4) is 0 Å². The summed E-state index contributed by atoms with van der Waals surface area (Å²) in [6.45, 7) is 4.95. The summed E-state index contributed by atoms with van der Waals surface area (Å²) < 4.78 is 4.46. The van der Waals surface area contributed by atoms with Gasteiger partial charge in [-0.2, -0.15) is 0 Å². The van der Waals surface area contributed by atoms with E-state index in [0.29, 0.717) is 12.1 Å². The van der Waals surface area contributed by atoms with Crippen molar-refractivity contribution in [2.75, 3.05) is 0 Å². The first-order valence-electron chi connectivity index (χ1n) is 13.3. The minimum absolute atomic E-state index is 0.306. The van der Waals surface area contributed by atoms with Gasteiger partial charge in [0.2, 0.25) is 0 Å². The standard InChI is InChI=1S/C33H30N4O2/c1-4-8-30-34-27-18-17-24(32-35-31-21(2)9-7-12-28(31)36(32)3)19-29(27)37(30)20-22-13-15-23(16-14-22)25-10-5-6-11-26(25)33(38)39/h5-7,9-19H,4,8,20H2,1-3H3,(H,38,39). The van der Waals surface area contributed by atoms with Crippen LogP contribution in [-0.4, -0.2) is 30.2 Å². The van der Waals surface area contributed by atoms with E-state index in [1.165, 1.54) is 5.56 Å². The van der Waals surface area contributed by atoms with Crippen molar-refractivity contribution in [1.29, 1.82) is 0 Å². The topological polar surface area (TPSA) is 72.9 Å². The number of hydrogen-bond acceptors (Lipinski definition) is 3. The van der Waals surface area contributed by atoms with Crippen LogP contribution in [0.2, 0.25) is 0 Å². The fourth-order valence-electron chi connectivity index (χ4n) is 5.41. The molecule has 0 aliphatic carbocycles. The molecule has 0 bridgehead atoms. The van der Waals surface area contributed by atoms with E-state index in [9.17, 15) is 9.90 Å². The molecule has 2 aromatic heterocycles. The third-order valence-electron chi connectivity index (χ3n) is 7.44. The van der Waals surface area contributed by atoms with Crippen molar-refractivity contribution in [2.45, 2.75) is 33.2 Å². The van der Waals surface area contributed by atoms with Gasteiger partial charge in [-0.3, -0.25) is 0 Å². The summed E-state index contributed by atoms with van der Waals surface area (Å²) in [5.41, 5.74) is 9.48. The molecular formula is C33H30N4O2. The SMILES string of the molecule is CCCc1nc2ccc(-c3nc4c(C)cccc4n3C)cc2n1Cc1ccc(-c2ccccc2C(=O)O)cc1. The lowest BCUT2D eigenvalue weighted by Gasteiger charge is -2.11. The first-order valence-corrected chi connectivity index (χ1v) is 13.3. The first kappa shape index (κ1) is 24.6. The highest BCUT2D eigenvalue weighted by Gasteiger charge is 2.16. The van der Waals surface area contributed by atoms with Gasteiger partial charge in [-0.25, -0.2) is 14.8 Å². The summed E-state index contributed by atoms with van der Waals surface area (Å²) in [5.74, 6) is 1.08. The highest BCUT2D eigenvalue weighted by Crippen LogP contribution is 2.30. The summed E-state index contributed by atoms with van der Waals surface area (Å²) in [6, 6.07) is 28.0. The van der Waals surface area contributed by atoms with Crippen LogP contribution in [0.5, 0.6) is 0 Å². The molecule has 2 heterocycles. The van der Waals surface area contributed by atoms with Gasteiger partial charge in [-0.15, -0.1) is 0 Å². The van der Waals surface area contributed by atoms with Crippen molar-refractivity contribution in [3.05, 3.63) is 107 Å². The Morgan fingerprint density at radius 2 is 1.64 bits per heavy atom. The minimum atomic E-state index is -0.921. The number of rotatable bonds is 7. The van der Waals surface area contributed by atoms with Crippen molar-refractivity contribution < 1.29 is 9.90 Å². The first-order chi connectivity index (χ1) is 18.9. The molecule has 0 atom stereocenters. The van der Waals surface area contributed by atoms with Crippen molar-refractivity contribution in [2.24, 2.45) is 7.05 Å². The van der Waals surface area contributed by atoms with Crippen LogP contribution < -0.4 is 0 Å². The van der Waals surface area contributed by atoms with Crippen LogP contribution in [-0.2, 0) is 20.0 Å². The highest BCUT2D eigenvalue weighted by atomic mass is 16.4. The lowest BCUT2D eigenvalue weighted by molar-refractivity contribution is 0.0697. The Morgan fingerprint density at radius 3 is 2.38 bits per heavy atom. The Hall–Kier alpha value is -4.71. The number of hydrogen-bond donors (Lipinski definition) is 1. The van der Waals surface area contributed by atoms with Gasteiger partial charge in [-0.1, -0.05) is 61.5 Å². The highest BCUT2D eigenvalue weighted by molar-refractivity contribution is 5.96. The zero-order valence-corrected chi connectivity index (χ0v) is 22.3. The molecule has 1 N–H and O–H groups in total. The maximum absolute atomic E-state index is 11.7. The molecular weight excluding hydrogens is 484 g/mol. The fourth-order valence-corrected chi connectivity index (χ4v) is 5.41. The predicted octanol–water partition coefficient (Wildman–Crippen LogP) is 7.26. The van der Waals surface area contributed by atoms with Crippen LogP contribution in [0.25, 0.3) is 44.6 Å². The Labute approximate surface area is 227 Å². The van der Waals surface area contributed by atoms with Crippen molar-refractivity contribution in [1.82, 2.24) is 19.1 Å². The van der Waals surface area contributed by atoms with Gasteiger partial charge in [0.1, 0.15) is 11.6 Å². The number of imidazole rings is 2. The number of aryl methyl sites for hydroxylation is 3. The molecule has 0 unspecified atom stereocenters. The van der Waals surface area contributed by atoms with Crippen LogP contribution in [0, 0.1) is 6.92 Å². The molecule has 4 aromatic carbocycles. The molecule has 0 fully saturated rings. The Balaban J connectivity index is 1.40. The molecule has 0 saturated carbocycles. The maximum atomic E-state index is 11.7. The number of carbonyl (C=O) groups is 1. The zero-order chi connectivity index (χ0) is 27.1. The van der Waals surface area contributed by atoms with E-state index in [1.807, 2.05) is 24.3 Å². The largest absolute Gasteiger partial charge is 0.478 e. The van der Waals surface area contributed by atoms with Crippen LogP contribution in [0.4, 0.5) is 0 Å². The van der Waals surface area contributed by atoms with Crippen molar-refractivity contribution in [3.8, 4) is 22.5 Å². The third-order valence-corrected chi connectivity index (χ3v) is 7.44. The second-order valence-electron chi connectivity index (χ2n) is 10.1. The number of nitrogens with zero attached hydrogens (tertiary/aromatic N) is 4. The summed E-state index contributed by atoms with van der Waals surface area (Å²) in [5, 5.41) is 9.59. The molecule has 6 aromatic rings. The summed E-state index contributed by atoms with van der Waals surface area (Å²) in [7, 11) is 2.07. The van der Waals surface area contributed by atoms with E-state index in [-0.39, 0.29) is 0 Å². The second kappa shape index (κ2) is 9.87. The fraction of sp³-hybridized carbons (Fsp3) is 0.182. The molecule has 6 nitrogen and oxygen atoms in total. The number of benzene rings is 4. The number of aromatic nitrogens is 4. The van der Waals surface area contributed by atoms with E-state index in [4.69, 9.17) is 9.97 Å². The van der Waals surface area contributed by atoms with Crippen molar-refractivity contribution in [3.63, 3.8) is 0 Å². The van der Waals surface area contributed by atoms with Gasteiger partial charge < -0.3 is 14.2 Å². The summed E-state index contributed by atoms with van der Waals surface area (Å²) in [4.78, 5) is 21.7. The zero-order valence-electron chi connectivity index (χ0n) is 22.3. The van der Waals surface area contributed by atoms with E-state index >= 15 is 0 Å². The summed E-state index contributed by atoms with van der Waals surface area (Å²) in [6.07, 6.45) is 1.89. The Bertz CT molecular complexity index is 1840. The van der Waals surface area contributed by atoms with Gasteiger partial charge in [0, 0.05) is 25.6 Å². The van der Waals surface area contributed by atoms with E-state index in [2.05, 4.69) is 78.6 Å². The summed E-state index contributed by atoms with van der Waals surface area (Å²) >= 11 is 0. The van der Waals surface area contributed by atoms with Gasteiger partial charge in [0.15, 0.2) is 0 Å². The monoisotopic (exact) mass is 514 g/mol. The van der Waals surface area contributed by atoms with Gasteiger partial charge in [0.05, 0.1) is 27.6 Å². The number of carboxylic acid groups (broad SMARTS) is 1. The molecule has 39 heavy (non-hydrogen) atoms. The lowest BCUT2D eigenvalue weighted by atomic mass is 9.99. The maximum Gasteiger partial charge on any atom is 0.336 e. The van der Waals surface area contributed by atoms with Gasteiger partial charge in [-0.05, 0) is 65.9 Å². The molecule has 0 saturated heterocycles. The average Bonchev–Trinajstić information content (AvgIpc) is 3.47. The van der Waals surface area contributed by atoms with Gasteiger partial charge >= 0.3 is 5.97 Å². The van der Waals surface area contributed by atoms with Crippen LogP contribution in [0.15, 0.2) is 84.9 Å². The molecule has 6 heteroatoms. The Kier molecular flexibility index (Phi) is 6.23. The van der Waals surface area contributed by atoms with E-state index in [1.54, 1.807) is 12.1 Å². The quantitative estimate of drug-likeness (QED) is 0.243. The number of carboxylic acids is 1. The van der Waals surface area contributed by atoms with Crippen LogP contribution in [0.1, 0.15) is 40.7 Å². The molecule has 0 amide bonds. The predicted molar refractivity (Wildman–Crippen MR) is 156 cm³/mol. The molecule has 6 rings (SSSR count). The van der Waals surface area contributed by atoms with Crippen molar-refractivity contribution >= 4 is 28.0 Å². The molecule has 194 valence electrons. The molecule has 0 radical (unpaired) electrons. The molecule has 0 aliphatic heterocycles. The average molecular weight is 515 g/mol. The molecule has 0 aliphatic rings. The number of fused-ring (bicyclic) bond motifs is 2.